The molecule has 4 nitrogen and oxygen atoms in total. The smallest absolute Gasteiger partial charge is 0.163 e. The van der Waals surface area contributed by atoms with E-state index in [-0.39, 0.29) is 45.7 Å². The molecular weight excluding hydrogens is 913 g/mol. The van der Waals surface area contributed by atoms with E-state index in [1.54, 1.807) is 22.3 Å². The number of hydrogen-bond donors (Lipinski definition) is 0. The Bertz CT molecular complexity index is 2600. The molecule has 1 heterocycles. The van der Waals surface area contributed by atoms with E-state index in [2.05, 4.69) is 172 Å². The van der Waals surface area contributed by atoms with Gasteiger partial charge in [0, 0.05) is 24.0 Å². The minimum absolute atomic E-state index is 0. The third-order valence-electron chi connectivity index (χ3n) is 16.3. The highest BCUT2D eigenvalue weighted by molar-refractivity contribution is 7.91. The normalized spacial score (nSPS) is 21.9. The van der Waals surface area contributed by atoms with Gasteiger partial charge in [0.15, 0.2) is 21.4 Å². The largest absolute Gasteiger partial charge is 0.295 e. The molecule has 0 saturated heterocycles. The van der Waals surface area contributed by atoms with E-state index in [1.807, 2.05) is 6.08 Å². The first-order valence-corrected chi connectivity index (χ1v) is 30.0. The number of rotatable bonds is 0. The van der Waals surface area contributed by atoms with E-state index >= 15 is 0 Å². The Morgan fingerprint density at radius 1 is 0.370 bits per heavy atom. The molecule has 0 aromatic heterocycles. The van der Waals surface area contributed by atoms with Crippen LogP contribution in [0.25, 0.3) is 0 Å². The van der Waals surface area contributed by atoms with Crippen molar-refractivity contribution < 1.29 is 18.0 Å². The van der Waals surface area contributed by atoms with Gasteiger partial charge in [-0.1, -0.05) is 214 Å². The van der Waals surface area contributed by atoms with Gasteiger partial charge in [-0.2, -0.15) is 0 Å². The molecule has 0 spiro atoms. The molecule has 0 radical (unpaired) electrons. The van der Waals surface area contributed by atoms with Crippen LogP contribution in [0.4, 0.5) is 0 Å². The van der Waals surface area contributed by atoms with Crippen LogP contribution in [0.3, 0.4) is 0 Å². The number of Topliss-reactive ketones (excluding diaryl/α,β-unsaturated/α-hetero) is 2. The first-order valence-electron chi connectivity index (χ1n) is 28.2. The molecule has 0 fully saturated rings. The van der Waals surface area contributed by atoms with E-state index in [1.165, 1.54) is 87.8 Å². The lowest BCUT2D eigenvalue weighted by atomic mass is 9.74. The molecular formula is C68H108O4S. The zero-order valence-electron chi connectivity index (χ0n) is 50.8. The van der Waals surface area contributed by atoms with Crippen LogP contribution < -0.4 is 0 Å². The molecule has 7 aliphatic carbocycles. The highest BCUT2D eigenvalue weighted by Gasteiger charge is 2.42. The van der Waals surface area contributed by atoms with Crippen LogP contribution in [-0.2, 0) is 19.4 Å². The fraction of sp³-hybridized carbons (Fsp3) is 0.706. The molecule has 8 aliphatic rings. The number of hydrogen-bond acceptors (Lipinski definition) is 4. The standard InChI is InChI=1S/C17H26O.C17H24O.C17H28.C16H26O2S.CH4/c2*1-16(2,3)13-10-12-11(8-7-9-14(12)18)15(13)17(4,5)6;1-16(2,3)14-11-12-9-7-8-10-13(12)15(14)17(4,5)6;1-15(2,3)13-9-11-10-19(17,18)8-7-12(11)14(13)16(4,5)6;/h7-10H2,1-6H3;7-8H,9-10H2,1-6H3;7-11H2,1-6H3;7-10H2,1-6H3;1H4. The van der Waals surface area contributed by atoms with Crippen LogP contribution >= 0.6 is 0 Å². The summed E-state index contributed by atoms with van der Waals surface area (Å²) in [7, 11) is -2.86. The summed E-state index contributed by atoms with van der Waals surface area (Å²) in [4.78, 5) is 24.2. The zero-order chi connectivity index (χ0) is 54.9. The van der Waals surface area contributed by atoms with Crippen LogP contribution in [0, 0.1) is 43.3 Å². The summed E-state index contributed by atoms with van der Waals surface area (Å²) in [6, 6.07) is 0. The van der Waals surface area contributed by atoms with Crippen LogP contribution in [0.5, 0.6) is 0 Å². The highest BCUT2D eigenvalue weighted by atomic mass is 32.2. The van der Waals surface area contributed by atoms with Crippen LogP contribution in [0.15, 0.2) is 101 Å². The van der Waals surface area contributed by atoms with Crippen LogP contribution in [0.1, 0.15) is 257 Å². The van der Waals surface area contributed by atoms with Gasteiger partial charge in [0.1, 0.15) is 0 Å². The molecule has 0 aromatic carbocycles. The van der Waals surface area contributed by atoms with Crippen molar-refractivity contribution in [3.63, 3.8) is 0 Å². The second-order valence-electron chi connectivity index (χ2n) is 31.0. The van der Waals surface area contributed by atoms with E-state index in [0.717, 1.165) is 49.7 Å². The van der Waals surface area contributed by atoms with E-state index in [9.17, 15) is 18.0 Å². The van der Waals surface area contributed by atoms with Crippen molar-refractivity contribution >= 4 is 21.4 Å². The molecule has 0 unspecified atom stereocenters. The monoisotopic (exact) mass is 1020 g/mol. The quantitative estimate of drug-likeness (QED) is 0.242. The Morgan fingerprint density at radius 3 is 1.22 bits per heavy atom. The van der Waals surface area contributed by atoms with Crippen molar-refractivity contribution in [1.82, 2.24) is 0 Å². The summed E-state index contributed by atoms with van der Waals surface area (Å²) < 4.78 is 23.7. The molecule has 0 bridgehead atoms. The van der Waals surface area contributed by atoms with Gasteiger partial charge >= 0.3 is 0 Å². The summed E-state index contributed by atoms with van der Waals surface area (Å²) >= 11 is 0. The first-order chi connectivity index (χ1) is 32.4. The number of carbonyl (C=O) groups excluding carboxylic acids is 2. The maximum Gasteiger partial charge on any atom is 0.163 e. The third-order valence-corrected chi connectivity index (χ3v) is 18.0. The molecule has 0 aromatic rings. The van der Waals surface area contributed by atoms with Gasteiger partial charge < -0.3 is 0 Å². The second kappa shape index (κ2) is 21.4. The lowest BCUT2D eigenvalue weighted by molar-refractivity contribution is -0.116. The molecule has 0 N–H and O–H groups in total. The minimum Gasteiger partial charge on any atom is -0.295 e. The molecule has 5 heteroatoms. The van der Waals surface area contributed by atoms with Crippen LogP contribution in [-0.4, -0.2) is 31.5 Å². The second-order valence-corrected chi connectivity index (χ2v) is 33.2. The van der Waals surface area contributed by atoms with E-state index in [0.29, 0.717) is 41.0 Å². The van der Waals surface area contributed by atoms with Gasteiger partial charge in [0.25, 0.3) is 0 Å². The Morgan fingerprint density at radius 2 is 0.753 bits per heavy atom. The lowest BCUT2D eigenvalue weighted by Crippen LogP contribution is -2.21. The number of carbonyl (C=O) groups is 2. The predicted octanol–water partition coefficient (Wildman–Crippen LogP) is 19.6. The van der Waals surface area contributed by atoms with Crippen molar-refractivity contribution in [2.45, 2.75) is 257 Å². The summed E-state index contributed by atoms with van der Waals surface area (Å²) in [6.45, 7) is 54.9. The van der Waals surface area contributed by atoms with Gasteiger partial charge in [-0.05, 0) is 164 Å². The molecule has 1 aliphatic heterocycles. The molecule has 0 atom stereocenters. The molecule has 0 saturated carbocycles. The Hall–Kier alpha value is -3.05. The van der Waals surface area contributed by atoms with Crippen molar-refractivity contribution in [2.24, 2.45) is 43.3 Å². The van der Waals surface area contributed by atoms with E-state index in [4.69, 9.17) is 0 Å². The Labute approximate surface area is 450 Å². The van der Waals surface area contributed by atoms with Gasteiger partial charge in [-0.15, -0.1) is 0 Å². The summed E-state index contributed by atoms with van der Waals surface area (Å²) in [5.41, 5.74) is 24.4. The van der Waals surface area contributed by atoms with Crippen molar-refractivity contribution in [2.75, 3.05) is 11.5 Å². The molecule has 0 amide bonds. The van der Waals surface area contributed by atoms with E-state index < -0.39 is 9.84 Å². The first kappa shape index (κ1) is 62.5. The SMILES string of the molecule is C.CC(C)(C)C1=C(C(C)(C)C)C2=C(C1)C(=O)CC=C2.CC(C)(C)C1=C(C(C)(C)C)C2=C(C1)C(=O)CCC2.CC(C)(C)C1=C(C(C)(C)C)C2=C(C1)CS(=O)(=O)CC2.CC(C)(C)C1=C(C(C)(C)C)C2=C(CCCC2)C1. The lowest BCUT2D eigenvalue weighted by Gasteiger charge is -2.31. The fourth-order valence-electron chi connectivity index (χ4n) is 13.2. The van der Waals surface area contributed by atoms with Crippen LogP contribution in [0.2, 0.25) is 0 Å². The number of allylic oxidation sites excluding steroid dienone is 17. The van der Waals surface area contributed by atoms with Crippen molar-refractivity contribution in [3.05, 3.63) is 101 Å². The third kappa shape index (κ3) is 14.3. The summed E-state index contributed by atoms with van der Waals surface area (Å²) in [6.07, 6.45) is 17.8. The van der Waals surface area contributed by atoms with Crippen molar-refractivity contribution in [3.8, 4) is 0 Å². The Kier molecular flexibility index (Phi) is 18.3. The summed E-state index contributed by atoms with van der Waals surface area (Å²) in [5.74, 6) is 1.32. The molecule has 73 heavy (non-hydrogen) atoms. The highest BCUT2D eigenvalue weighted by Crippen LogP contribution is 2.55. The number of ketones is 2. The minimum atomic E-state index is -2.86. The molecule has 8 rings (SSSR count). The average molecular weight is 1020 g/mol. The maximum absolute atomic E-state index is 12.1. The maximum atomic E-state index is 12.1. The molecule has 410 valence electrons. The number of sulfone groups is 1. The fourth-order valence-corrected chi connectivity index (χ4v) is 14.7. The Balaban J connectivity index is 0.000000210. The van der Waals surface area contributed by atoms with Crippen molar-refractivity contribution in [1.29, 1.82) is 0 Å². The average Bonchev–Trinajstić information content (AvgIpc) is 3.98. The zero-order valence-corrected chi connectivity index (χ0v) is 51.6. The summed E-state index contributed by atoms with van der Waals surface area (Å²) in [5, 5.41) is 0. The van der Waals surface area contributed by atoms with Gasteiger partial charge in [-0.25, -0.2) is 8.42 Å². The predicted molar refractivity (Wildman–Crippen MR) is 316 cm³/mol. The van der Waals surface area contributed by atoms with Gasteiger partial charge in [-0.3, -0.25) is 9.59 Å². The van der Waals surface area contributed by atoms with Gasteiger partial charge in [0.05, 0.1) is 11.5 Å². The topological polar surface area (TPSA) is 68.3 Å². The van der Waals surface area contributed by atoms with Gasteiger partial charge in [0.2, 0.25) is 0 Å².